The molecular formula is C19H24F2N2O2. The first-order valence-electron chi connectivity index (χ1n) is 8.45. The van der Waals surface area contributed by atoms with Gasteiger partial charge in [0.1, 0.15) is 17.4 Å². The third-order valence-electron chi connectivity index (χ3n) is 3.88. The number of halogens is 2. The molecule has 0 saturated carbocycles. The smallest absolute Gasteiger partial charge is 0.387 e. The standard InChI is InChI=1S/C19H24F2N2O2/c1-3-5-6-14(4-2)13-23-18(24)16(12-22)11-15-7-9-17(10-8-15)25-19(20)21/h7-11,14,19H,3-6,13H2,1-2H3,(H,23,24). The average Bonchev–Trinajstić information content (AvgIpc) is 2.60. The monoisotopic (exact) mass is 350 g/mol. The molecule has 1 amide bonds. The van der Waals surface area contributed by atoms with E-state index in [1.165, 1.54) is 30.3 Å². The fraction of sp³-hybridized carbons (Fsp3) is 0.474. The van der Waals surface area contributed by atoms with Crippen LogP contribution in [0.3, 0.4) is 0 Å². The molecule has 0 aliphatic heterocycles. The Morgan fingerprint density at radius 2 is 2.00 bits per heavy atom. The van der Waals surface area contributed by atoms with E-state index in [0.717, 1.165) is 25.7 Å². The van der Waals surface area contributed by atoms with Gasteiger partial charge in [-0.1, -0.05) is 45.2 Å². The Morgan fingerprint density at radius 1 is 1.32 bits per heavy atom. The van der Waals surface area contributed by atoms with E-state index in [0.29, 0.717) is 18.0 Å². The minimum absolute atomic E-state index is 0.0205. The largest absolute Gasteiger partial charge is 0.435 e. The highest BCUT2D eigenvalue weighted by atomic mass is 19.3. The average molecular weight is 350 g/mol. The van der Waals surface area contributed by atoms with Crippen LogP contribution in [0.1, 0.15) is 45.1 Å². The molecule has 4 nitrogen and oxygen atoms in total. The number of benzene rings is 1. The third kappa shape index (κ3) is 7.79. The van der Waals surface area contributed by atoms with Crippen LogP contribution >= 0.6 is 0 Å². The second-order valence-electron chi connectivity index (χ2n) is 5.74. The number of carbonyl (C=O) groups is 1. The zero-order valence-corrected chi connectivity index (χ0v) is 14.6. The Morgan fingerprint density at radius 3 is 2.52 bits per heavy atom. The topological polar surface area (TPSA) is 62.1 Å². The molecule has 25 heavy (non-hydrogen) atoms. The maximum Gasteiger partial charge on any atom is 0.387 e. The van der Waals surface area contributed by atoms with E-state index in [-0.39, 0.29) is 11.3 Å². The highest BCUT2D eigenvalue weighted by molar-refractivity contribution is 6.01. The van der Waals surface area contributed by atoms with E-state index in [4.69, 9.17) is 0 Å². The molecular weight excluding hydrogens is 326 g/mol. The number of carbonyl (C=O) groups excluding carboxylic acids is 1. The summed E-state index contributed by atoms with van der Waals surface area (Å²) >= 11 is 0. The molecule has 1 N–H and O–H groups in total. The number of alkyl halides is 2. The molecule has 0 aliphatic rings. The van der Waals surface area contributed by atoms with Gasteiger partial charge >= 0.3 is 6.61 Å². The fourth-order valence-corrected chi connectivity index (χ4v) is 2.34. The van der Waals surface area contributed by atoms with Gasteiger partial charge in [-0.05, 0) is 36.1 Å². The minimum atomic E-state index is -2.89. The van der Waals surface area contributed by atoms with E-state index in [1.807, 2.05) is 6.07 Å². The molecule has 0 bridgehead atoms. The van der Waals surface area contributed by atoms with Crippen molar-refractivity contribution >= 4 is 12.0 Å². The quantitative estimate of drug-likeness (QED) is 0.498. The summed E-state index contributed by atoms with van der Waals surface area (Å²) in [6.45, 7) is 1.85. The van der Waals surface area contributed by atoms with Gasteiger partial charge in [0.2, 0.25) is 0 Å². The van der Waals surface area contributed by atoms with E-state index in [9.17, 15) is 18.8 Å². The first-order chi connectivity index (χ1) is 12.0. The molecule has 0 fully saturated rings. The van der Waals surface area contributed by atoms with Gasteiger partial charge in [0.05, 0.1) is 0 Å². The molecule has 136 valence electrons. The molecule has 1 unspecified atom stereocenters. The number of nitrogens with zero attached hydrogens (tertiary/aromatic N) is 1. The van der Waals surface area contributed by atoms with Gasteiger partial charge in [0, 0.05) is 6.54 Å². The van der Waals surface area contributed by atoms with E-state index in [2.05, 4.69) is 23.9 Å². The second-order valence-corrected chi connectivity index (χ2v) is 5.74. The number of ether oxygens (including phenoxy) is 1. The van der Waals surface area contributed by atoms with Crippen LogP contribution in [0.2, 0.25) is 0 Å². The van der Waals surface area contributed by atoms with Crippen molar-refractivity contribution in [3.05, 3.63) is 35.4 Å². The first-order valence-corrected chi connectivity index (χ1v) is 8.45. The SMILES string of the molecule is CCCCC(CC)CNC(=O)C(C#N)=Cc1ccc(OC(F)F)cc1. The summed E-state index contributed by atoms with van der Waals surface area (Å²) < 4.78 is 28.5. The van der Waals surface area contributed by atoms with Crippen LogP contribution in [0.25, 0.3) is 6.08 Å². The van der Waals surface area contributed by atoms with Gasteiger partial charge in [-0.15, -0.1) is 0 Å². The predicted molar refractivity (Wildman–Crippen MR) is 93.0 cm³/mol. The molecule has 0 aromatic heterocycles. The maximum atomic E-state index is 12.2. The summed E-state index contributed by atoms with van der Waals surface area (Å²) in [7, 11) is 0. The van der Waals surface area contributed by atoms with Crippen molar-refractivity contribution in [3.63, 3.8) is 0 Å². The van der Waals surface area contributed by atoms with E-state index in [1.54, 1.807) is 0 Å². The van der Waals surface area contributed by atoms with Crippen molar-refractivity contribution in [1.82, 2.24) is 5.32 Å². The summed E-state index contributed by atoms with van der Waals surface area (Å²) in [6, 6.07) is 7.63. The van der Waals surface area contributed by atoms with Crippen LogP contribution in [0, 0.1) is 17.2 Å². The molecule has 1 rings (SSSR count). The Kier molecular flexibility index (Phi) is 9.23. The molecule has 0 aliphatic carbocycles. The molecule has 6 heteroatoms. The highest BCUT2D eigenvalue weighted by Gasteiger charge is 2.12. The number of nitriles is 1. The predicted octanol–water partition coefficient (Wildman–Crippen LogP) is 4.53. The van der Waals surface area contributed by atoms with Gasteiger partial charge in [0.25, 0.3) is 5.91 Å². The van der Waals surface area contributed by atoms with Crippen molar-refractivity contribution in [2.45, 2.75) is 46.1 Å². The van der Waals surface area contributed by atoms with Crippen LogP contribution in [0.5, 0.6) is 5.75 Å². The molecule has 0 saturated heterocycles. The number of nitrogens with one attached hydrogen (secondary N) is 1. The van der Waals surface area contributed by atoms with Crippen LogP contribution in [-0.2, 0) is 4.79 Å². The van der Waals surface area contributed by atoms with Crippen LogP contribution in [0.4, 0.5) is 8.78 Å². The third-order valence-corrected chi connectivity index (χ3v) is 3.88. The first kappa shape index (κ1) is 20.6. The zero-order valence-electron chi connectivity index (χ0n) is 14.6. The summed E-state index contributed by atoms with van der Waals surface area (Å²) in [5.41, 5.74) is 0.541. The second kappa shape index (κ2) is 11.2. The van der Waals surface area contributed by atoms with Crippen LogP contribution < -0.4 is 10.1 Å². The van der Waals surface area contributed by atoms with Crippen LogP contribution in [0.15, 0.2) is 29.8 Å². The zero-order chi connectivity index (χ0) is 18.7. The lowest BCUT2D eigenvalue weighted by Gasteiger charge is -2.15. The number of hydrogen-bond acceptors (Lipinski definition) is 3. The Balaban J connectivity index is 2.68. The van der Waals surface area contributed by atoms with Crippen molar-refractivity contribution in [2.75, 3.05) is 6.54 Å². The van der Waals surface area contributed by atoms with Gasteiger partial charge in [0.15, 0.2) is 0 Å². The highest BCUT2D eigenvalue weighted by Crippen LogP contribution is 2.17. The van der Waals surface area contributed by atoms with Crippen LogP contribution in [-0.4, -0.2) is 19.1 Å². The van der Waals surface area contributed by atoms with Gasteiger partial charge in [-0.2, -0.15) is 14.0 Å². The van der Waals surface area contributed by atoms with Crippen molar-refractivity contribution in [2.24, 2.45) is 5.92 Å². The Labute approximate surface area is 147 Å². The van der Waals surface area contributed by atoms with Gasteiger partial charge < -0.3 is 10.1 Å². The summed E-state index contributed by atoms with van der Waals surface area (Å²) in [5, 5.41) is 12.0. The Bertz CT molecular complexity index is 607. The van der Waals surface area contributed by atoms with Gasteiger partial charge in [-0.3, -0.25) is 4.79 Å². The molecule has 1 atom stereocenters. The molecule has 0 radical (unpaired) electrons. The lowest BCUT2D eigenvalue weighted by Crippen LogP contribution is -2.30. The summed E-state index contributed by atoms with van der Waals surface area (Å²) in [6.07, 6.45) is 5.66. The minimum Gasteiger partial charge on any atom is -0.435 e. The van der Waals surface area contributed by atoms with Crippen molar-refractivity contribution in [1.29, 1.82) is 5.26 Å². The lowest BCUT2D eigenvalue weighted by atomic mass is 9.99. The number of hydrogen-bond donors (Lipinski definition) is 1. The Hall–Kier alpha value is -2.42. The van der Waals surface area contributed by atoms with E-state index < -0.39 is 12.5 Å². The molecule has 1 aromatic carbocycles. The lowest BCUT2D eigenvalue weighted by molar-refractivity contribution is -0.117. The van der Waals surface area contributed by atoms with Crippen molar-refractivity contribution in [3.8, 4) is 11.8 Å². The van der Waals surface area contributed by atoms with Gasteiger partial charge in [-0.25, -0.2) is 0 Å². The fourth-order valence-electron chi connectivity index (χ4n) is 2.34. The normalized spacial score (nSPS) is 12.6. The number of amides is 1. The van der Waals surface area contributed by atoms with E-state index >= 15 is 0 Å². The maximum absolute atomic E-state index is 12.2. The summed E-state index contributed by atoms with van der Waals surface area (Å²) in [4.78, 5) is 12.2. The number of unbranched alkanes of at least 4 members (excludes halogenated alkanes) is 1. The number of rotatable bonds is 10. The van der Waals surface area contributed by atoms with Crippen molar-refractivity contribution < 1.29 is 18.3 Å². The summed E-state index contributed by atoms with van der Waals surface area (Å²) in [5.74, 6) is -0.00296. The molecule has 0 spiro atoms. The molecule has 0 heterocycles. The molecule has 1 aromatic rings.